The second-order valence-corrected chi connectivity index (χ2v) is 5.01. The van der Waals surface area contributed by atoms with Crippen LogP contribution in [0.1, 0.15) is 22.8 Å². The van der Waals surface area contributed by atoms with Crippen LogP contribution in [0.4, 0.5) is 10.5 Å². The van der Waals surface area contributed by atoms with E-state index in [9.17, 15) is 9.59 Å². The van der Waals surface area contributed by atoms with E-state index in [0.717, 1.165) is 5.56 Å². The molecule has 2 aromatic carbocycles. The second kappa shape index (κ2) is 6.90. The van der Waals surface area contributed by atoms with Crippen LogP contribution in [0.5, 0.6) is 0 Å². The Morgan fingerprint density at radius 2 is 1.86 bits per heavy atom. The molecule has 108 valence electrons. The predicted octanol–water partition coefficient (Wildman–Crippen LogP) is 3.86. The van der Waals surface area contributed by atoms with Gasteiger partial charge in [0.15, 0.2) is 5.78 Å². The van der Waals surface area contributed by atoms with Gasteiger partial charge in [0, 0.05) is 22.8 Å². The second-order valence-electron chi connectivity index (χ2n) is 4.57. The number of hydrogen-bond acceptors (Lipinski definition) is 2. The Hall–Kier alpha value is -2.33. The van der Waals surface area contributed by atoms with Crippen molar-refractivity contribution in [3.05, 3.63) is 64.7 Å². The molecule has 0 heterocycles. The Bertz CT molecular complexity index is 671. The van der Waals surface area contributed by atoms with Gasteiger partial charge in [-0.3, -0.25) is 4.79 Å². The van der Waals surface area contributed by atoms with E-state index in [4.69, 9.17) is 11.6 Å². The molecule has 5 heteroatoms. The van der Waals surface area contributed by atoms with E-state index in [-0.39, 0.29) is 11.8 Å². The molecular weight excluding hydrogens is 288 g/mol. The molecule has 0 unspecified atom stereocenters. The summed E-state index contributed by atoms with van der Waals surface area (Å²) in [5.41, 5.74) is 2.05. The monoisotopic (exact) mass is 302 g/mol. The number of nitrogens with one attached hydrogen (secondary N) is 2. The lowest BCUT2D eigenvalue weighted by atomic mass is 10.1. The van der Waals surface area contributed by atoms with Crippen LogP contribution in [0, 0.1) is 0 Å². The molecule has 2 rings (SSSR count). The number of anilines is 1. The third-order valence-electron chi connectivity index (χ3n) is 2.87. The van der Waals surface area contributed by atoms with Gasteiger partial charge in [0.05, 0.1) is 0 Å². The molecule has 0 bridgehead atoms. The lowest BCUT2D eigenvalue weighted by Gasteiger charge is -2.08. The summed E-state index contributed by atoms with van der Waals surface area (Å²) < 4.78 is 0. The Morgan fingerprint density at radius 3 is 2.57 bits per heavy atom. The smallest absolute Gasteiger partial charge is 0.319 e. The Labute approximate surface area is 128 Å². The van der Waals surface area contributed by atoms with Crippen molar-refractivity contribution in [2.75, 3.05) is 5.32 Å². The lowest BCUT2D eigenvalue weighted by molar-refractivity contribution is 0.101. The molecule has 0 radical (unpaired) electrons. The fraction of sp³-hybridized carbons (Fsp3) is 0.125. The highest BCUT2D eigenvalue weighted by atomic mass is 35.5. The highest BCUT2D eigenvalue weighted by Gasteiger charge is 2.04. The number of benzene rings is 2. The van der Waals surface area contributed by atoms with Crippen molar-refractivity contribution in [3.63, 3.8) is 0 Å². The van der Waals surface area contributed by atoms with Gasteiger partial charge in [-0.1, -0.05) is 35.9 Å². The van der Waals surface area contributed by atoms with Crippen LogP contribution in [-0.4, -0.2) is 11.8 Å². The molecule has 4 nitrogen and oxygen atoms in total. The first-order valence-corrected chi connectivity index (χ1v) is 6.83. The number of carbonyl (C=O) groups is 2. The number of hydrogen-bond donors (Lipinski definition) is 2. The SMILES string of the molecule is CC(=O)c1cccc(NC(=O)NCc2cccc(Cl)c2)c1. The Kier molecular flexibility index (Phi) is 4.95. The van der Waals surface area contributed by atoms with Gasteiger partial charge in [-0.05, 0) is 36.8 Å². The molecule has 0 saturated heterocycles. The lowest BCUT2D eigenvalue weighted by Crippen LogP contribution is -2.28. The van der Waals surface area contributed by atoms with E-state index in [1.165, 1.54) is 6.92 Å². The highest BCUT2D eigenvalue weighted by Crippen LogP contribution is 2.12. The average molecular weight is 303 g/mol. The van der Waals surface area contributed by atoms with Crippen LogP contribution in [0.25, 0.3) is 0 Å². The minimum Gasteiger partial charge on any atom is -0.334 e. The van der Waals surface area contributed by atoms with Gasteiger partial charge in [0.2, 0.25) is 0 Å². The molecule has 0 aromatic heterocycles. The van der Waals surface area contributed by atoms with Gasteiger partial charge in [-0.25, -0.2) is 4.79 Å². The summed E-state index contributed by atoms with van der Waals surface area (Å²) in [6, 6.07) is 13.7. The minimum atomic E-state index is -0.337. The van der Waals surface area contributed by atoms with Gasteiger partial charge < -0.3 is 10.6 Å². The standard InChI is InChI=1S/C16H15ClN2O2/c1-11(20)13-5-3-7-15(9-13)19-16(21)18-10-12-4-2-6-14(17)8-12/h2-9H,10H2,1H3,(H2,18,19,21). The zero-order chi connectivity index (χ0) is 15.2. The summed E-state index contributed by atoms with van der Waals surface area (Å²) in [7, 11) is 0. The van der Waals surface area contributed by atoms with Crippen molar-refractivity contribution >= 4 is 29.1 Å². The molecule has 0 fully saturated rings. The third kappa shape index (κ3) is 4.61. The molecule has 2 amide bonds. The number of urea groups is 1. The number of halogens is 1. The molecule has 0 aliphatic heterocycles. The average Bonchev–Trinajstić information content (AvgIpc) is 2.45. The molecule has 2 N–H and O–H groups in total. The van der Waals surface area contributed by atoms with E-state index in [0.29, 0.717) is 22.8 Å². The molecule has 0 aliphatic carbocycles. The van der Waals surface area contributed by atoms with Gasteiger partial charge in [-0.15, -0.1) is 0 Å². The molecule has 0 atom stereocenters. The zero-order valence-corrected chi connectivity index (χ0v) is 12.3. The van der Waals surface area contributed by atoms with Crippen molar-refractivity contribution in [3.8, 4) is 0 Å². The summed E-state index contributed by atoms with van der Waals surface area (Å²) in [5.74, 6) is -0.0435. The van der Waals surface area contributed by atoms with Gasteiger partial charge in [0.25, 0.3) is 0 Å². The first kappa shape index (κ1) is 15.1. The van der Waals surface area contributed by atoms with Crippen LogP contribution < -0.4 is 10.6 Å². The summed E-state index contributed by atoms with van der Waals surface area (Å²) in [6.45, 7) is 1.86. The zero-order valence-electron chi connectivity index (χ0n) is 11.5. The van der Waals surface area contributed by atoms with E-state index in [1.807, 2.05) is 12.1 Å². The van der Waals surface area contributed by atoms with Gasteiger partial charge >= 0.3 is 6.03 Å². The number of ketones is 1. The van der Waals surface area contributed by atoms with Crippen LogP contribution in [0.15, 0.2) is 48.5 Å². The molecule has 0 aliphatic rings. The summed E-state index contributed by atoms with van der Waals surface area (Å²) in [6.07, 6.45) is 0. The molecule has 21 heavy (non-hydrogen) atoms. The molecule has 2 aromatic rings. The van der Waals surface area contributed by atoms with Crippen LogP contribution >= 0.6 is 11.6 Å². The number of rotatable bonds is 4. The predicted molar refractivity (Wildman–Crippen MR) is 83.8 cm³/mol. The van der Waals surface area contributed by atoms with Crippen molar-refractivity contribution in [1.82, 2.24) is 5.32 Å². The first-order chi connectivity index (χ1) is 10.0. The number of carbonyl (C=O) groups excluding carboxylic acids is 2. The maximum Gasteiger partial charge on any atom is 0.319 e. The third-order valence-corrected chi connectivity index (χ3v) is 3.10. The van der Waals surface area contributed by atoms with Crippen molar-refractivity contribution in [1.29, 1.82) is 0 Å². The Morgan fingerprint density at radius 1 is 1.10 bits per heavy atom. The fourth-order valence-electron chi connectivity index (χ4n) is 1.82. The first-order valence-electron chi connectivity index (χ1n) is 6.45. The van der Waals surface area contributed by atoms with Gasteiger partial charge in [-0.2, -0.15) is 0 Å². The maximum absolute atomic E-state index is 11.8. The summed E-state index contributed by atoms with van der Waals surface area (Å²) in [5, 5.41) is 6.05. The quantitative estimate of drug-likeness (QED) is 0.842. The molecule has 0 spiro atoms. The number of Topliss-reactive ketones (excluding diaryl/α,β-unsaturated/α-hetero) is 1. The van der Waals surface area contributed by atoms with Crippen molar-refractivity contribution < 1.29 is 9.59 Å². The number of amides is 2. The van der Waals surface area contributed by atoms with E-state index < -0.39 is 0 Å². The van der Waals surface area contributed by atoms with Gasteiger partial charge in [0.1, 0.15) is 0 Å². The van der Waals surface area contributed by atoms with Crippen LogP contribution in [0.3, 0.4) is 0 Å². The van der Waals surface area contributed by atoms with Crippen molar-refractivity contribution in [2.45, 2.75) is 13.5 Å². The maximum atomic E-state index is 11.8. The molecule has 0 saturated carbocycles. The summed E-state index contributed by atoms with van der Waals surface area (Å²) >= 11 is 5.88. The normalized spacial score (nSPS) is 10.0. The van der Waals surface area contributed by atoms with E-state index in [2.05, 4.69) is 10.6 Å². The minimum absolute atomic E-state index is 0.0435. The van der Waals surface area contributed by atoms with E-state index in [1.54, 1.807) is 36.4 Å². The van der Waals surface area contributed by atoms with Crippen molar-refractivity contribution in [2.24, 2.45) is 0 Å². The molecular formula is C16H15ClN2O2. The van der Waals surface area contributed by atoms with Crippen LogP contribution in [0.2, 0.25) is 5.02 Å². The topological polar surface area (TPSA) is 58.2 Å². The Balaban J connectivity index is 1.93. The van der Waals surface area contributed by atoms with E-state index >= 15 is 0 Å². The largest absolute Gasteiger partial charge is 0.334 e. The van der Waals surface area contributed by atoms with Crippen LogP contribution in [-0.2, 0) is 6.54 Å². The summed E-state index contributed by atoms with van der Waals surface area (Å²) in [4.78, 5) is 23.1. The highest BCUT2D eigenvalue weighted by molar-refractivity contribution is 6.30. The fourth-order valence-corrected chi connectivity index (χ4v) is 2.03.